The highest BCUT2D eigenvalue weighted by atomic mass is 32.2. The van der Waals surface area contributed by atoms with Gasteiger partial charge in [-0.1, -0.05) is 6.92 Å². The predicted molar refractivity (Wildman–Crippen MR) is 42.4 cm³/mol. The standard InChI is InChI=1S/C7H13NS/c1-3-7(6-8)4-5-9-2/h7H,3-5H2,1-2H3. The third-order valence-electron chi connectivity index (χ3n) is 1.35. The van der Waals surface area contributed by atoms with Gasteiger partial charge >= 0.3 is 0 Å². The Morgan fingerprint density at radius 3 is 2.67 bits per heavy atom. The molecule has 0 fully saturated rings. The summed E-state index contributed by atoms with van der Waals surface area (Å²) < 4.78 is 0. The summed E-state index contributed by atoms with van der Waals surface area (Å²) in [4.78, 5) is 0. The third kappa shape index (κ3) is 4.35. The number of thioether (sulfide) groups is 1. The van der Waals surface area contributed by atoms with Crippen molar-refractivity contribution in [3.8, 4) is 6.07 Å². The van der Waals surface area contributed by atoms with Crippen molar-refractivity contribution in [2.24, 2.45) is 5.92 Å². The van der Waals surface area contributed by atoms with Gasteiger partial charge in [0.05, 0.1) is 6.07 Å². The first-order valence-electron chi connectivity index (χ1n) is 3.23. The van der Waals surface area contributed by atoms with Crippen LogP contribution in [0.2, 0.25) is 0 Å². The van der Waals surface area contributed by atoms with Crippen LogP contribution in [0, 0.1) is 17.2 Å². The highest BCUT2D eigenvalue weighted by Gasteiger charge is 2.01. The Hall–Kier alpha value is -0.160. The molecule has 2 heteroatoms. The Morgan fingerprint density at radius 1 is 1.67 bits per heavy atom. The predicted octanol–water partition coefficient (Wildman–Crippen LogP) is 2.29. The number of nitriles is 1. The van der Waals surface area contributed by atoms with Crippen molar-refractivity contribution in [1.29, 1.82) is 5.26 Å². The summed E-state index contributed by atoms with van der Waals surface area (Å²) in [5.74, 6) is 1.41. The molecular weight excluding hydrogens is 130 g/mol. The molecule has 0 N–H and O–H groups in total. The number of rotatable bonds is 4. The highest BCUT2D eigenvalue weighted by Crippen LogP contribution is 2.09. The van der Waals surface area contributed by atoms with Crippen LogP contribution < -0.4 is 0 Å². The molecule has 0 aliphatic heterocycles. The van der Waals surface area contributed by atoms with E-state index in [1.165, 1.54) is 0 Å². The summed E-state index contributed by atoms with van der Waals surface area (Å²) in [6, 6.07) is 2.27. The first kappa shape index (κ1) is 8.84. The molecule has 0 amide bonds. The monoisotopic (exact) mass is 143 g/mol. The van der Waals surface area contributed by atoms with E-state index in [0.717, 1.165) is 18.6 Å². The molecule has 9 heavy (non-hydrogen) atoms. The van der Waals surface area contributed by atoms with Gasteiger partial charge in [-0.15, -0.1) is 0 Å². The molecule has 0 saturated carbocycles. The van der Waals surface area contributed by atoms with Crippen molar-refractivity contribution in [3.05, 3.63) is 0 Å². The molecular formula is C7H13NS. The van der Waals surface area contributed by atoms with E-state index in [9.17, 15) is 0 Å². The molecule has 0 aliphatic carbocycles. The fraction of sp³-hybridized carbons (Fsp3) is 0.857. The summed E-state index contributed by atoms with van der Waals surface area (Å²) in [6.45, 7) is 2.06. The van der Waals surface area contributed by atoms with Crippen molar-refractivity contribution in [3.63, 3.8) is 0 Å². The Morgan fingerprint density at radius 2 is 2.33 bits per heavy atom. The quantitative estimate of drug-likeness (QED) is 0.603. The van der Waals surface area contributed by atoms with Crippen molar-refractivity contribution in [2.75, 3.05) is 12.0 Å². The molecule has 0 spiro atoms. The highest BCUT2D eigenvalue weighted by molar-refractivity contribution is 7.98. The molecule has 0 rings (SSSR count). The zero-order valence-electron chi connectivity index (χ0n) is 6.05. The smallest absolute Gasteiger partial charge is 0.0655 e. The second kappa shape index (κ2) is 5.97. The maximum Gasteiger partial charge on any atom is 0.0655 e. The largest absolute Gasteiger partial charge is 0.198 e. The minimum Gasteiger partial charge on any atom is -0.198 e. The van der Waals surface area contributed by atoms with Crippen molar-refractivity contribution in [2.45, 2.75) is 19.8 Å². The van der Waals surface area contributed by atoms with E-state index in [0.29, 0.717) is 0 Å². The summed E-state index contributed by atoms with van der Waals surface area (Å²) in [5, 5.41) is 8.49. The Labute approximate surface area is 61.4 Å². The molecule has 0 aromatic heterocycles. The second-order valence-electron chi connectivity index (χ2n) is 2.02. The van der Waals surface area contributed by atoms with E-state index in [4.69, 9.17) is 5.26 Å². The van der Waals surface area contributed by atoms with E-state index in [2.05, 4.69) is 19.2 Å². The molecule has 1 nitrogen and oxygen atoms in total. The lowest BCUT2D eigenvalue weighted by atomic mass is 10.1. The normalized spacial score (nSPS) is 12.6. The molecule has 1 unspecified atom stereocenters. The number of nitrogens with zero attached hydrogens (tertiary/aromatic N) is 1. The number of hydrogen-bond donors (Lipinski definition) is 0. The van der Waals surface area contributed by atoms with E-state index in [1.807, 2.05) is 11.8 Å². The molecule has 0 aromatic rings. The molecule has 0 radical (unpaired) electrons. The SMILES string of the molecule is CCC(C#N)CCSC. The lowest BCUT2D eigenvalue weighted by Gasteiger charge is -2.01. The fourth-order valence-electron chi connectivity index (χ4n) is 0.620. The maximum absolute atomic E-state index is 8.49. The van der Waals surface area contributed by atoms with Crippen molar-refractivity contribution in [1.82, 2.24) is 0 Å². The molecule has 1 atom stereocenters. The van der Waals surface area contributed by atoms with Gasteiger partial charge in [0.1, 0.15) is 0 Å². The summed E-state index contributed by atoms with van der Waals surface area (Å²) in [6.07, 6.45) is 4.12. The van der Waals surface area contributed by atoms with Crippen LogP contribution in [0.15, 0.2) is 0 Å². The topological polar surface area (TPSA) is 23.8 Å². The van der Waals surface area contributed by atoms with Gasteiger partial charge in [-0.2, -0.15) is 17.0 Å². The summed E-state index contributed by atoms with van der Waals surface area (Å²) >= 11 is 1.81. The zero-order valence-corrected chi connectivity index (χ0v) is 6.87. The van der Waals surface area contributed by atoms with Gasteiger partial charge in [0.2, 0.25) is 0 Å². The molecule has 0 saturated heterocycles. The van der Waals surface area contributed by atoms with Gasteiger partial charge < -0.3 is 0 Å². The summed E-state index contributed by atoms with van der Waals surface area (Å²) in [5.41, 5.74) is 0. The van der Waals surface area contributed by atoms with Gasteiger partial charge in [-0.25, -0.2) is 0 Å². The third-order valence-corrected chi connectivity index (χ3v) is 1.99. The number of hydrogen-bond acceptors (Lipinski definition) is 2. The Balaban J connectivity index is 3.23. The van der Waals surface area contributed by atoms with Crippen LogP contribution in [-0.2, 0) is 0 Å². The van der Waals surface area contributed by atoms with Crippen LogP contribution in [-0.4, -0.2) is 12.0 Å². The summed E-state index contributed by atoms with van der Waals surface area (Å²) in [7, 11) is 0. The van der Waals surface area contributed by atoms with E-state index < -0.39 is 0 Å². The first-order valence-corrected chi connectivity index (χ1v) is 4.63. The van der Waals surface area contributed by atoms with Gasteiger partial charge in [-0.05, 0) is 24.9 Å². The van der Waals surface area contributed by atoms with Gasteiger partial charge in [0, 0.05) is 5.92 Å². The van der Waals surface area contributed by atoms with Crippen molar-refractivity contribution >= 4 is 11.8 Å². The van der Waals surface area contributed by atoms with Gasteiger partial charge in [-0.3, -0.25) is 0 Å². The lowest BCUT2D eigenvalue weighted by molar-refractivity contribution is 0.625. The van der Waals surface area contributed by atoms with E-state index in [1.54, 1.807) is 0 Å². The van der Waals surface area contributed by atoms with Crippen LogP contribution in [0.3, 0.4) is 0 Å². The van der Waals surface area contributed by atoms with Gasteiger partial charge in [0.15, 0.2) is 0 Å². The fourth-order valence-corrected chi connectivity index (χ4v) is 1.14. The van der Waals surface area contributed by atoms with E-state index in [-0.39, 0.29) is 5.92 Å². The molecule has 0 aliphatic rings. The van der Waals surface area contributed by atoms with Crippen molar-refractivity contribution < 1.29 is 0 Å². The Kier molecular flexibility index (Phi) is 5.86. The molecule has 0 bridgehead atoms. The minimum atomic E-state index is 0.289. The van der Waals surface area contributed by atoms with Crippen LogP contribution >= 0.6 is 11.8 Å². The molecule has 0 aromatic carbocycles. The van der Waals surface area contributed by atoms with E-state index >= 15 is 0 Å². The van der Waals surface area contributed by atoms with Crippen LogP contribution in [0.5, 0.6) is 0 Å². The van der Waals surface area contributed by atoms with Gasteiger partial charge in [0.25, 0.3) is 0 Å². The molecule has 52 valence electrons. The second-order valence-corrected chi connectivity index (χ2v) is 3.00. The average molecular weight is 143 g/mol. The molecule has 0 heterocycles. The maximum atomic E-state index is 8.49. The Bertz CT molecular complexity index is 95.6. The minimum absolute atomic E-state index is 0.289. The zero-order chi connectivity index (χ0) is 7.11. The lowest BCUT2D eigenvalue weighted by Crippen LogP contribution is -1.95. The first-order chi connectivity index (χ1) is 4.35. The van der Waals surface area contributed by atoms with Crippen LogP contribution in [0.4, 0.5) is 0 Å². The average Bonchev–Trinajstić information content (AvgIpc) is 1.91. The van der Waals surface area contributed by atoms with Crippen LogP contribution in [0.1, 0.15) is 19.8 Å². The van der Waals surface area contributed by atoms with Crippen LogP contribution in [0.25, 0.3) is 0 Å².